The predicted octanol–water partition coefficient (Wildman–Crippen LogP) is 4.76. The van der Waals surface area contributed by atoms with E-state index in [0.717, 1.165) is 10.5 Å². The van der Waals surface area contributed by atoms with Gasteiger partial charge in [0, 0.05) is 4.90 Å². The standard InChI is InChI=1S/C24H21NO5S2/c1-29-20-9-6-10-21(30-2)18(20)15-32(27,28)17-11-12-22-19(14-17)25-24(26)23(31-22)13-16-7-4-3-5-8-16/h3-14H,15H2,1-2H3,(H,25,26)/b23-13+. The minimum absolute atomic E-state index is 0.112. The molecule has 3 aromatic rings. The third-order valence-corrected chi connectivity index (χ3v) is 7.70. The molecule has 0 unspecified atom stereocenters. The number of sulfone groups is 1. The molecule has 0 fully saturated rings. The summed E-state index contributed by atoms with van der Waals surface area (Å²) in [6.45, 7) is 0. The Balaban J connectivity index is 1.64. The molecule has 0 bridgehead atoms. The van der Waals surface area contributed by atoms with Gasteiger partial charge < -0.3 is 14.8 Å². The van der Waals surface area contributed by atoms with Gasteiger partial charge in [-0.2, -0.15) is 0 Å². The van der Waals surface area contributed by atoms with Crippen LogP contribution in [0.25, 0.3) is 6.08 Å². The lowest BCUT2D eigenvalue weighted by molar-refractivity contribution is -0.112. The van der Waals surface area contributed by atoms with E-state index < -0.39 is 9.84 Å². The summed E-state index contributed by atoms with van der Waals surface area (Å²) in [7, 11) is -0.760. The van der Waals surface area contributed by atoms with Crippen LogP contribution in [0.15, 0.2) is 81.4 Å². The van der Waals surface area contributed by atoms with Crippen molar-refractivity contribution in [2.75, 3.05) is 19.5 Å². The van der Waals surface area contributed by atoms with Gasteiger partial charge in [-0.3, -0.25) is 4.79 Å². The minimum Gasteiger partial charge on any atom is -0.496 e. The van der Waals surface area contributed by atoms with E-state index >= 15 is 0 Å². The first-order valence-corrected chi connectivity index (χ1v) is 12.2. The lowest BCUT2D eigenvalue weighted by atomic mass is 10.2. The number of anilines is 1. The maximum Gasteiger partial charge on any atom is 0.262 e. The van der Waals surface area contributed by atoms with Crippen molar-refractivity contribution in [1.29, 1.82) is 0 Å². The van der Waals surface area contributed by atoms with Crippen molar-refractivity contribution >= 4 is 39.3 Å². The molecule has 0 saturated carbocycles. The van der Waals surface area contributed by atoms with Gasteiger partial charge in [0.25, 0.3) is 5.91 Å². The SMILES string of the molecule is COc1cccc(OC)c1CS(=O)(=O)c1ccc2c(c1)NC(=O)/C(=C\c1ccccc1)S2. The molecule has 32 heavy (non-hydrogen) atoms. The molecule has 164 valence electrons. The van der Waals surface area contributed by atoms with Crippen LogP contribution in [0.5, 0.6) is 11.5 Å². The van der Waals surface area contributed by atoms with Gasteiger partial charge in [-0.15, -0.1) is 0 Å². The number of rotatable bonds is 6. The molecule has 0 radical (unpaired) electrons. The van der Waals surface area contributed by atoms with Gasteiger partial charge in [-0.25, -0.2) is 8.42 Å². The molecular formula is C24H21NO5S2. The smallest absolute Gasteiger partial charge is 0.262 e. The average Bonchev–Trinajstić information content (AvgIpc) is 2.80. The Hall–Kier alpha value is -3.23. The molecular weight excluding hydrogens is 446 g/mol. The minimum atomic E-state index is -3.73. The Labute approximate surface area is 191 Å². The number of nitrogens with one attached hydrogen (secondary N) is 1. The molecule has 1 amide bonds. The highest BCUT2D eigenvalue weighted by Crippen LogP contribution is 2.40. The summed E-state index contributed by atoms with van der Waals surface area (Å²) in [4.78, 5) is 14.0. The number of amides is 1. The Morgan fingerprint density at radius 1 is 0.938 bits per heavy atom. The Morgan fingerprint density at radius 3 is 2.28 bits per heavy atom. The molecule has 1 N–H and O–H groups in total. The highest BCUT2D eigenvalue weighted by Gasteiger charge is 2.26. The molecule has 4 rings (SSSR count). The van der Waals surface area contributed by atoms with Crippen molar-refractivity contribution < 1.29 is 22.7 Å². The molecule has 1 aliphatic heterocycles. The number of hydrogen-bond donors (Lipinski definition) is 1. The second-order valence-corrected chi connectivity index (χ2v) is 10.1. The monoisotopic (exact) mass is 467 g/mol. The lowest BCUT2D eigenvalue weighted by Gasteiger charge is -2.20. The number of ether oxygens (including phenoxy) is 2. The van der Waals surface area contributed by atoms with Crippen LogP contribution in [-0.4, -0.2) is 28.5 Å². The Kier molecular flexibility index (Phi) is 6.25. The largest absolute Gasteiger partial charge is 0.496 e. The van der Waals surface area contributed by atoms with Crippen LogP contribution >= 0.6 is 11.8 Å². The summed E-state index contributed by atoms with van der Waals surface area (Å²) in [6.07, 6.45) is 1.81. The molecule has 8 heteroatoms. The fourth-order valence-corrected chi connectivity index (χ4v) is 5.71. The summed E-state index contributed by atoms with van der Waals surface area (Å²) < 4.78 is 37.0. The molecule has 1 heterocycles. The average molecular weight is 468 g/mol. The van der Waals surface area contributed by atoms with Gasteiger partial charge >= 0.3 is 0 Å². The van der Waals surface area contributed by atoms with E-state index in [1.165, 1.54) is 32.0 Å². The van der Waals surface area contributed by atoms with Gasteiger partial charge in [0.15, 0.2) is 9.84 Å². The van der Waals surface area contributed by atoms with E-state index in [0.29, 0.717) is 27.7 Å². The first kappa shape index (κ1) is 22.0. The molecule has 6 nitrogen and oxygen atoms in total. The molecule has 3 aromatic carbocycles. The number of carbonyl (C=O) groups excluding carboxylic acids is 1. The zero-order valence-corrected chi connectivity index (χ0v) is 19.1. The van der Waals surface area contributed by atoms with Gasteiger partial charge in [0.2, 0.25) is 0 Å². The predicted molar refractivity (Wildman–Crippen MR) is 126 cm³/mol. The highest BCUT2D eigenvalue weighted by atomic mass is 32.2. The van der Waals surface area contributed by atoms with Crippen LogP contribution in [0, 0.1) is 0 Å². The number of benzene rings is 3. The third kappa shape index (κ3) is 4.51. The molecule has 0 atom stereocenters. The number of hydrogen-bond acceptors (Lipinski definition) is 6. The van der Waals surface area contributed by atoms with Gasteiger partial charge in [-0.1, -0.05) is 48.2 Å². The van der Waals surface area contributed by atoms with E-state index in [-0.39, 0.29) is 16.6 Å². The van der Waals surface area contributed by atoms with Crippen LogP contribution in [-0.2, 0) is 20.4 Å². The number of fused-ring (bicyclic) bond motifs is 1. The second kappa shape index (κ2) is 9.10. The van der Waals surface area contributed by atoms with Crippen LogP contribution in [0.1, 0.15) is 11.1 Å². The van der Waals surface area contributed by atoms with Crippen molar-refractivity contribution in [2.24, 2.45) is 0 Å². The fraction of sp³-hybridized carbons (Fsp3) is 0.125. The first-order valence-electron chi connectivity index (χ1n) is 9.74. The van der Waals surface area contributed by atoms with E-state index in [4.69, 9.17) is 9.47 Å². The van der Waals surface area contributed by atoms with E-state index in [1.807, 2.05) is 36.4 Å². The summed E-state index contributed by atoms with van der Waals surface area (Å²) in [5, 5.41) is 2.81. The summed E-state index contributed by atoms with van der Waals surface area (Å²) in [6, 6.07) is 19.4. The van der Waals surface area contributed by atoms with Gasteiger partial charge in [0.1, 0.15) is 11.5 Å². The summed E-state index contributed by atoms with van der Waals surface area (Å²) >= 11 is 1.31. The molecule has 0 spiro atoms. The van der Waals surface area contributed by atoms with Crippen molar-refractivity contribution in [1.82, 2.24) is 0 Å². The topological polar surface area (TPSA) is 81.7 Å². The summed E-state index contributed by atoms with van der Waals surface area (Å²) in [5.74, 6) is 0.308. The van der Waals surface area contributed by atoms with Crippen molar-refractivity contribution in [3.05, 3.63) is 82.8 Å². The maximum absolute atomic E-state index is 13.2. The van der Waals surface area contributed by atoms with E-state index in [2.05, 4.69) is 5.32 Å². The first-order chi connectivity index (χ1) is 15.4. The van der Waals surface area contributed by atoms with Crippen LogP contribution in [0.2, 0.25) is 0 Å². The van der Waals surface area contributed by atoms with Crippen molar-refractivity contribution in [2.45, 2.75) is 15.5 Å². The van der Waals surface area contributed by atoms with Crippen molar-refractivity contribution in [3.63, 3.8) is 0 Å². The quantitative estimate of drug-likeness (QED) is 0.526. The highest BCUT2D eigenvalue weighted by molar-refractivity contribution is 8.04. The molecule has 0 aromatic heterocycles. The second-order valence-electron chi connectivity index (χ2n) is 7.03. The van der Waals surface area contributed by atoms with E-state index in [1.54, 1.807) is 30.3 Å². The Bertz CT molecular complexity index is 1280. The van der Waals surface area contributed by atoms with Crippen molar-refractivity contribution in [3.8, 4) is 11.5 Å². The maximum atomic E-state index is 13.2. The molecule has 0 aliphatic carbocycles. The molecule has 0 saturated heterocycles. The van der Waals surface area contributed by atoms with Crippen LogP contribution in [0.4, 0.5) is 5.69 Å². The Morgan fingerprint density at radius 2 is 1.62 bits per heavy atom. The normalized spacial score (nSPS) is 14.6. The third-order valence-electron chi connectivity index (χ3n) is 4.96. The number of thioether (sulfide) groups is 1. The van der Waals surface area contributed by atoms with E-state index in [9.17, 15) is 13.2 Å². The van der Waals surface area contributed by atoms with Gasteiger partial charge in [-0.05, 0) is 42.0 Å². The lowest BCUT2D eigenvalue weighted by Crippen LogP contribution is -2.18. The number of carbonyl (C=O) groups is 1. The zero-order chi connectivity index (χ0) is 22.7. The van der Waals surface area contributed by atoms with Crippen LogP contribution < -0.4 is 14.8 Å². The summed E-state index contributed by atoms with van der Waals surface area (Å²) in [5.41, 5.74) is 1.83. The number of methoxy groups -OCH3 is 2. The van der Waals surface area contributed by atoms with Gasteiger partial charge in [0.05, 0.1) is 41.0 Å². The van der Waals surface area contributed by atoms with Crippen LogP contribution in [0.3, 0.4) is 0 Å². The fourth-order valence-electron chi connectivity index (χ4n) is 3.38. The zero-order valence-electron chi connectivity index (χ0n) is 17.5. The molecule has 1 aliphatic rings.